The van der Waals surface area contributed by atoms with E-state index in [1.807, 2.05) is 0 Å². The van der Waals surface area contributed by atoms with Crippen molar-refractivity contribution in [2.24, 2.45) is 0 Å². The smallest absolute Gasteiger partial charge is 0.335 e. The Kier molecular flexibility index (Phi) is 10.9. The molecule has 17 heteroatoms. The van der Waals surface area contributed by atoms with Gasteiger partial charge in [-0.2, -0.15) is 4.68 Å². The number of carboxylic acid groups (broad SMARTS) is 1. The van der Waals surface area contributed by atoms with Crippen LogP contribution in [0.15, 0.2) is 73.1 Å². The molecule has 2 saturated heterocycles. The van der Waals surface area contributed by atoms with Crippen LogP contribution in [0.25, 0.3) is 5.69 Å². The van der Waals surface area contributed by atoms with E-state index in [9.17, 15) is 29.1 Å². The first-order valence-electron chi connectivity index (χ1n) is 16.1. The molecule has 2 fully saturated rings. The second kappa shape index (κ2) is 15.9. The number of ether oxygens (including phenoxy) is 1. The third-order valence-electron chi connectivity index (χ3n) is 8.68. The highest BCUT2D eigenvalue weighted by molar-refractivity contribution is 6.40. The number of anilines is 3. The van der Waals surface area contributed by atoms with Gasteiger partial charge < -0.3 is 30.7 Å². The monoisotopic (exact) mass is 715 g/mol. The third kappa shape index (κ3) is 8.72. The summed E-state index contributed by atoms with van der Waals surface area (Å²) in [5, 5.41) is 28.2. The van der Waals surface area contributed by atoms with Gasteiger partial charge in [-0.3, -0.25) is 24.1 Å². The lowest BCUT2D eigenvalue weighted by Gasteiger charge is -2.40. The minimum atomic E-state index is -1.24. The van der Waals surface area contributed by atoms with Gasteiger partial charge in [-0.15, -0.1) is 5.10 Å². The zero-order valence-corrected chi connectivity index (χ0v) is 28.0. The van der Waals surface area contributed by atoms with Crippen LogP contribution in [-0.2, 0) is 30.3 Å². The SMILES string of the molecule is O=C(Nc1cc(Cl)ccc1-n1cnnn1)C(=O)N[C@@H](Cc1ccc(N2CCN(C3CCOCC3)CC2=O)cc1)C(=O)Nc1ccc(C(=O)O)cc1. The van der Waals surface area contributed by atoms with Crippen LogP contribution in [0, 0.1) is 0 Å². The molecule has 2 aliphatic rings. The molecule has 0 saturated carbocycles. The normalized spacial score (nSPS) is 15.9. The molecular weight excluding hydrogens is 682 g/mol. The van der Waals surface area contributed by atoms with Crippen molar-refractivity contribution in [3.8, 4) is 5.69 Å². The predicted molar refractivity (Wildman–Crippen MR) is 185 cm³/mol. The topological polar surface area (TPSA) is 201 Å². The average Bonchev–Trinajstić information content (AvgIpc) is 3.67. The summed E-state index contributed by atoms with van der Waals surface area (Å²) in [5.41, 5.74) is 2.15. The molecule has 0 unspecified atom stereocenters. The van der Waals surface area contributed by atoms with Gasteiger partial charge in [-0.1, -0.05) is 23.7 Å². The van der Waals surface area contributed by atoms with Crippen molar-refractivity contribution in [1.82, 2.24) is 30.4 Å². The summed E-state index contributed by atoms with van der Waals surface area (Å²) < 4.78 is 6.74. The number of carbonyl (C=O) groups excluding carboxylic acids is 4. The number of aromatic carboxylic acids is 1. The number of piperazine rings is 1. The molecule has 0 bridgehead atoms. The zero-order chi connectivity index (χ0) is 35.9. The van der Waals surface area contributed by atoms with Crippen molar-refractivity contribution in [2.75, 3.05) is 48.4 Å². The number of rotatable bonds is 10. The molecule has 0 spiro atoms. The maximum absolute atomic E-state index is 13.5. The fourth-order valence-corrected chi connectivity index (χ4v) is 6.16. The van der Waals surface area contributed by atoms with Gasteiger partial charge in [0.05, 0.1) is 23.5 Å². The quantitative estimate of drug-likeness (QED) is 0.175. The number of hydrogen-bond acceptors (Lipinski definition) is 10. The number of carboxylic acids is 1. The van der Waals surface area contributed by atoms with E-state index in [0.717, 1.165) is 19.4 Å². The standard InChI is InChI=1S/C34H34ClN9O7/c35-23-5-10-29(44-20-36-40-41-44)27(18-23)38-32(47)33(48)39-28(31(46)37-24-6-3-22(4-7-24)34(49)50)17-21-1-8-26(9-2-21)43-14-13-42(19-30(43)45)25-11-15-51-16-12-25/h1-10,18,20,25,28H,11-17,19H2,(H,37,46)(H,38,47)(H,39,48)(H,49,50)/t28-/m0/s1. The van der Waals surface area contributed by atoms with Crippen molar-refractivity contribution < 1.29 is 33.8 Å². The van der Waals surface area contributed by atoms with Gasteiger partial charge in [0.25, 0.3) is 0 Å². The summed E-state index contributed by atoms with van der Waals surface area (Å²) in [7, 11) is 0. The second-order valence-corrected chi connectivity index (χ2v) is 12.4. The summed E-state index contributed by atoms with van der Waals surface area (Å²) in [6.45, 7) is 3.00. The van der Waals surface area contributed by atoms with Crippen LogP contribution in [0.5, 0.6) is 0 Å². The van der Waals surface area contributed by atoms with Crippen LogP contribution in [-0.4, -0.2) is 105 Å². The molecule has 0 aliphatic carbocycles. The van der Waals surface area contributed by atoms with E-state index in [1.54, 1.807) is 41.3 Å². The van der Waals surface area contributed by atoms with Crippen molar-refractivity contribution in [3.05, 3.63) is 89.2 Å². The highest BCUT2D eigenvalue weighted by Crippen LogP contribution is 2.25. The number of halogens is 1. The Morgan fingerprint density at radius 1 is 0.941 bits per heavy atom. The molecule has 16 nitrogen and oxygen atoms in total. The molecule has 1 aromatic heterocycles. The van der Waals surface area contributed by atoms with Crippen LogP contribution < -0.4 is 20.9 Å². The molecule has 264 valence electrons. The fraction of sp³-hybridized carbons (Fsp3) is 0.294. The van der Waals surface area contributed by atoms with Crippen LogP contribution in [0.4, 0.5) is 17.1 Å². The Morgan fingerprint density at radius 2 is 1.69 bits per heavy atom. The van der Waals surface area contributed by atoms with Crippen molar-refractivity contribution in [1.29, 1.82) is 0 Å². The van der Waals surface area contributed by atoms with Crippen LogP contribution in [0.1, 0.15) is 28.8 Å². The summed E-state index contributed by atoms with van der Waals surface area (Å²) in [4.78, 5) is 68.2. The maximum Gasteiger partial charge on any atom is 0.335 e. The molecule has 6 rings (SSSR count). The molecule has 3 aromatic carbocycles. The lowest BCUT2D eigenvalue weighted by Crippen LogP contribution is -2.54. The van der Waals surface area contributed by atoms with E-state index in [1.165, 1.54) is 41.3 Å². The number of amides is 4. The van der Waals surface area contributed by atoms with Gasteiger partial charge in [0.15, 0.2) is 0 Å². The first kappa shape index (κ1) is 35.1. The third-order valence-corrected chi connectivity index (χ3v) is 8.91. The minimum Gasteiger partial charge on any atom is -0.478 e. The molecule has 3 heterocycles. The highest BCUT2D eigenvalue weighted by Gasteiger charge is 2.31. The van der Waals surface area contributed by atoms with Crippen LogP contribution in [0.3, 0.4) is 0 Å². The maximum atomic E-state index is 13.5. The van der Waals surface area contributed by atoms with E-state index in [4.69, 9.17) is 16.3 Å². The van der Waals surface area contributed by atoms with E-state index in [2.05, 4.69) is 36.4 Å². The molecule has 2 aliphatic heterocycles. The summed E-state index contributed by atoms with van der Waals surface area (Å²) in [5.74, 6) is -3.97. The van der Waals surface area contributed by atoms with Gasteiger partial charge in [-0.25, -0.2) is 4.79 Å². The van der Waals surface area contributed by atoms with Gasteiger partial charge in [-0.05, 0) is 83.4 Å². The number of aromatic nitrogens is 4. The molecular formula is C34H34ClN9O7. The minimum absolute atomic E-state index is 0.00659. The number of benzene rings is 3. The van der Waals surface area contributed by atoms with Crippen molar-refractivity contribution in [2.45, 2.75) is 31.3 Å². The fourth-order valence-electron chi connectivity index (χ4n) is 5.99. The van der Waals surface area contributed by atoms with E-state index < -0.39 is 29.7 Å². The number of nitrogens with one attached hydrogen (secondary N) is 3. The Balaban J connectivity index is 1.16. The van der Waals surface area contributed by atoms with E-state index >= 15 is 0 Å². The molecule has 1 atom stereocenters. The molecule has 0 radical (unpaired) electrons. The van der Waals surface area contributed by atoms with Gasteiger partial charge in [0.2, 0.25) is 11.8 Å². The van der Waals surface area contributed by atoms with E-state index in [0.29, 0.717) is 49.3 Å². The van der Waals surface area contributed by atoms with Crippen LogP contribution >= 0.6 is 11.6 Å². The number of carbonyl (C=O) groups is 5. The second-order valence-electron chi connectivity index (χ2n) is 12.0. The largest absolute Gasteiger partial charge is 0.478 e. The van der Waals surface area contributed by atoms with E-state index in [-0.39, 0.29) is 34.3 Å². The van der Waals surface area contributed by atoms with Gasteiger partial charge >= 0.3 is 17.8 Å². The summed E-state index contributed by atoms with van der Waals surface area (Å²) in [6, 6.07) is 16.2. The Hall–Kier alpha value is -5.71. The molecule has 51 heavy (non-hydrogen) atoms. The van der Waals surface area contributed by atoms with Crippen molar-refractivity contribution in [3.63, 3.8) is 0 Å². The van der Waals surface area contributed by atoms with Crippen molar-refractivity contribution >= 4 is 58.3 Å². The Labute approximate surface area is 296 Å². The number of hydrogen-bond donors (Lipinski definition) is 4. The first-order chi connectivity index (χ1) is 24.6. The summed E-state index contributed by atoms with van der Waals surface area (Å²) >= 11 is 6.14. The molecule has 4 amide bonds. The zero-order valence-electron chi connectivity index (χ0n) is 27.2. The average molecular weight is 716 g/mol. The Bertz CT molecular complexity index is 1900. The number of tetrazole rings is 1. The highest BCUT2D eigenvalue weighted by atomic mass is 35.5. The first-order valence-corrected chi connectivity index (χ1v) is 16.5. The summed E-state index contributed by atoms with van der Waals surface area (Å²) in [6.07, 6.45) is 3.10. The lowest BCUT2D eigenvalue weighted by atomic mass is 10.0. The Morgan fingerprint density at radius 3 is 2.35 bits per heavy atom. The lowest BCUT2D eigenvalue weighted by molar-refractivity contribution is -0.137. The molecule has 4 aromatic rings. The predicted octanol–water partition coefficient (Wildman–Crippen LogP) is 2.15. The number of nitrogens with zero attached hydrogens (tertiary/aromatic N) is 6. The van der Waals surface area contributed by atoms with Crippen LogP contribution in [0.2, 0.25) is 5.02 Å². The van der Waals surface area contributed by atoms with Gasteiger partial charge in [0, 0.05) is 55.2 Å². The van der Waals surface area contributed by atoms with Gasteiger partial charge in [0.1, 0.15) is 12.4 Å². The molecule has 4 N–H and O–H groups in total.